The van der Waals surface area contributed by atoms with Crippen LogP contribution in [-0.2, 0) is 17.6 Å². The molecule has 1 unspecified atom stereocenters. The number of fused-ring (bicyclic) bond motifs is 2. The molecule has 1 atom stereocenters. The van der Waals surface area contributed by atoms with Crippen molar-refractivity contribution < 1.29 is 18.7 Å². The Kier molecular flexibility index (Phi) is 5.72. The number of hydrogen-bond donors (Lipinski definition) is 1. The normalized spacial score (nSPS) is 15.6. The summed E-state index contributed by atoms with van der Waals surface area (Å²) >= 11 is 1.40. The SMILES string of the molecule is CCOC(=O)c1c(NC(=O)c2cc3ccccc3oc2=O)sc2c1CCC(CC)C2. The first-order chi connectivity index (χ1) is 14.5. The Morgan fingerprint density at radius 1 is 1.27 bits per heavy atom. The summed E-state index contributed by atoms with van der Waals surface area (Å²) < 4.78 is 10.5. The second-order valence-corrected chi connectivity index (χ2v) is 8.49. The van der Waals surface area contributed by atoms with Gasteiger partial charge in [0.15, 0.2) is 0 Å². The summed E-state index contributed by atoms with van der Waals surface area (Å²) in [4.78, 5) is 39.0. The molecule has 0 saturated carbocycles. The molecule has 0 radical (unpaired) electrons. The summed E-state index contributed by atoms with van der Waals surface area (Å²) in [6.07, 6.45) is 3.75. The highest BCUT2D eigenvalue weighted by Crippen LogP contribution is 2.41. The van der Waals surface area contributed by atoms with Gasteiger partial charge in [0.1, 0.15) is 16.1 Å². The van der Waals surface area contributed by atoms with Crippen LogP contribution in [0.25, 0.3) is 11.0 Å². The molecule has 2 aromatic heterocycles. The van der Waals surface area contributed by atoms with Gasteiger partial charge in [0.05, 0.1) is 12.2 Å². The summed E-state index contributed by atoms with van der Waals surface area (Å²) in [6.45, 7) is 4.17. The second kappa shape index (κ2) is 8.44. The largest absolute Gasteiger partial charge is 0.462 e. The van der Waals surface area contributed by atoms with Gasteiger partial charge < -0.3 is 14.5 Å². The Bertz CT molecular complexity index is 1180. The molecular formula is C23H23NO5S. The molecule has 7 heteroatoms. The molecule has 1 amide bonds. The standard InChI is InChI=1S/C23H23NO5S/c1-3-13-9-10-15-18(11-13)30-21(19(15)23(27)28-4-2)24-20(25)16-12-14-7-5-6-8-17(14)29-22(16)26/h5-8,12-13H,3-4,9-11H2,1-2H3,(H,24,25). The molecule has 0 aliphatic heterocycles. The number of esters is 1. The molecule has 1 N–H and O–H groups in total. The van der Waals surface area contributed by atoms with E-state index >= 15 is 0 Å². The van der Waals surface area contributed by atoms with Gasteiger partial charge in [0, 0.05) is 10.3 Å². The third-order valence-electron chi connectivity index (χ3n) is 5.54. The average Bonchev–Trinajstić information content (AvgIpc) is 3.10. The van der Waals surface area contributed by atoms with Crippen LogP contribution < -0.4 is 10.9 Å². The molecule has 0 bridgehead atoms. The van der Waals surface area contributed by atoms with E-state index in [2.05, 4.69) is 12.2 Å². The van der Waals surface area contributed by atoms with Crippen molar-refractivity contribution in [2.24, 2.45) is 5.92 Å². The minimum absolute atomic E-state index is 0.0960. The molecule has 1 aliphatic carbocycles. The first kappa shape index (κ1) is 20.3. The lowest BCUT2D eigenvalue weighted by molar-refractivity contribution is 0.0526. The quantitative estimate of drug-likeness (QED) is 0.469. The van der Waals surface area contributed by atoms with Crippen LogP contribution in [0.5, 0.6) is 0 Å². The summed E-state index contributed by atoms with van der Waals surface area (Å²) in [7, 11) is 0. The smallest absolute Gasteiger partial charge is 0.349 e. The van der Waals surface area contributed by atoms with Gasteiger partial charge in [0.2, 0.25) is 0 Å². The van der Waals surface area contributed by atoms with Crippen molar-refractivity contribution in [1.82, 2.24) is 0 Å². The van der Waals surface area contributed by atoms with Crippen LogP contribution in [0, 0.1) is 5.92 Å². The highest BCUT2D eigenvalue weighted by Gasteiger charge is 2.30. The number of para-hydroxylation sites is 1. The number of ether oxygens (including phenoxy) is 1. The van der Waals surface area contributed by atoms with E-state index in [1.165, 1.54) is 17.4 Å². The zero-order valence-corrected chi connectivity index (χ0v) is 17.8. The van der Waals surface area contributed by atoms with Gasteiger partial charge in [-0.2, -0.15) is 0 Å². The van der Waals surface area contributed by atoms with E-state index in [9.17, 15) is 14.4 Å². The first-order valence-electron chi connectivity index (χ1n) is 10.2. The highest BCUT2D eigenvalue weighted by atomic mass is 32.1. The van der Waals surface area contributed by atoms with Crippen molar-refractivity contribution in [1.29, 1.82) is 0 Å². The van der Waals surface area contributed by atoms with Crippen LogP contribution >= 0.6 is 11.3 Å². The molecule has 30 heavy (non-hydrogen) atoms. The van der Waals surface area contributed by atoms with Crippen molar-refractivity contribution in [3.63, 3.8) is 0 Å². The van der Waals surface area contributed by atoms with Gasteiger partial charge in [-0.3, -0.25) is 4.79 Å². The predicted molar refractivity (Wildman–Crippen MR) is 117 cm³/mol. The summed E-state index contributed by atoms with van der Waals surface area (Å²) in [5, 5.41) is 3.87. The molecule has 1 aliphatic rings. The molecular weight excluding hydrogens is 402 g/mol. The number of carbonyl (C=O) groups excluding carboxylic acids is 2. The van der Waals surface area contributed by atoms with Gasteiger partial charge in [0.25, 0.3) is 5.91 Å². The summed E-state index contributed by atoms with van der Waals surface area (Å²) in [5.41, 5.74) is 0.995. The van der Waals surface area contributed by atoms with E-state index in [1.807, 2.05) is 0 Å². The molecule has 156 valence electrons. The average molecular weight is 426 g/mol. The minimum Gasteiger partial charge on any atom is -0.462 e. The maximum atomic E-state index is 12.9. The number of hydrogen-bond acceptors (Lipinski definition) is 6. The Morgan fingerprint density at radius 2 is 2.07 bits per heavy atom. The topological polar surface area (TPSA) is 85.6 Å². The van der Waals surface area contributed by atoms with E-state index in [0.717, 1.165) is 36.1 Å². The minimum atomic E-state index is -0.712. The number of thiophene rings is 1. The summed E-state index contributed by atoms with van der Waals surface area (Å²) in [5.74, 6) is -0.459. The molecule has 0 fully saturated rings. The van der Waals surface area contributed by atoms with Gasteiger partial charge in [-0.05, 0) is 49.8 Å². The van der Waals surface area contributed by atoms with Crippen molar-refractivity contribution in [3.05, 3.63) is 62.3 Å². The Labute approximate surface area is 177 Å². The Morgan fingerprint density at radius 3 is 2.83 bits per heavy atom. The van der Waals surface area contributed by atoms with Crippen LogP contribution in [0.4, 0.5) is 5.00 Å². The molecule has 2 heterocycles. The second-order valence-electron chi connectivity index (χ2n) is 7.38. The molecule has 3 aromatic rings. The van der Waals surface area contributed by atoms with Gasteiger partial charge >= 0.3 is 11.6 Å². The van der Waals surface area contributed by atoms with Crippen LogP contribution in [-0.4, -0.2) is 18.5 Å². The van der Waals surface area contributed by atoms with Crippen molar-refractivity contribution in [3.8, 4) is 0 Å². The molecule has 4 rings (SSSR count). The van der Waals surface area contributed by atoms with Crippen LogP contribution in [0.15, 0.2) is 39.5 Å². The number of benzene rings is 1. The summed E-state index contributed by atoms with van der Waals surface area (Å²) in [6, 6.07) is 8.53. The molecule has 6 nitrogen and oxygen atoms in total. The van der Waals surface area contributed by atoms with Crippen molar-refractivity contribution in [2.45, 2.75) is 39.5 Å². The van der Waals surface area contributed by atoms with Crippen LogP contribution in [0.3, 0.4) is 0 Å². The van der Waals surface area contributed by atoms with Crippen LogP contribution in [0.2, 0.25) is 0 Å². The predicted octanol–water partition coefficient (Wildman–Crippen LogP) is 4.80. The van der Waals surface area contributed by atoms with Gasteiger partial charge in [-0.1, -0.05) is 31.5 Å². The third kappa shape index (κ3) is 3.77. The molecule has 0 spiro atoms. The third-order valence-corrected chi connectivity index (χ3v) is 6.71. The lowest BCUT2D eigenvalue weighted by Crippen LogP contribution is -2.21. The number of amides is 1. The Balaban J connectivity index is 1.71. The van der Waals surface area contributed by atoms with E-state index in [-0.39, 0.29) is 12.2 Å². The van der Waals surface area contributed by atoms with Crippen molar-refractivity contribution >= 4 is 39.2 Å². The highest BCUT2D eigenvalue weighted by molar-refractivity contribution is 7.17. The zero-order chi connectivity index (χ0) is 21.3. The lowest BCUT2D eigenvalue weighted by Gasteiger charge is -2.20. The number of rotatable bonds is 5. The van der Waals surface area contributed by atoms with Crippen LogP contribution in [0.1, 0.15) is 57.8 Å². The van der Waals surface area contributed by atoms with Gasteiger partial charge in [-0.25, -0.2) is 9.59 Å². The Hall–Kier alpha value is -2.93. The molecule has 0 saturated heterocycles. The lowest BCUT2D eigenvalue weighted by atomic mass is 9.85. The van der Waals surface area contributed by atoms with E-state index in [0.29, 0.717) is 27.5 Å². The number of nitrogens with one attached hydrogen (secondary N) is 1. The number of carbonyl (C=O) groups is 2. The fraction of sp³-hybridized carbons (Fsp3) is 0.348. The first-order valence-corrected chi connectivity index (χ1v) is 11.0. The van der Waals surface area contributed by atoms with Gasteiger partial charge in [-0.15, -0.1) is 11.3 Å². The maximum Gasteiger partial charge on any atom is 0.349 e. The monoisotopic (exact) mass is 425 g/mol. The maximum absolute atomic E-state index is 12.9. The van der Waals surface area contributed by atoms with Crippen molar-refractivity contribution in [2.75, 3.05) is 11.9 Å². The van der Waals surface area contributed by atoms with E-state index in [4.69, 9.17) is 9.15 Å². The van der Waals surface area contributed by atoms with E-state index in [1.54, 1.807) is 31.2 Å². The fourth-order valence-electron chi connectivity index (χ4n) is 3.90. The number of anilines is 1. The zero-order valence-electron chi connectivity index (χ0n) is 16.9. The molecule has 1 aromatic carbocycles. The van der Waals surface area contributed by atoms with E-state index < -0.39 is 17.5 Å². The fourth-order valence-corrected chi connectivity index (χ4v) is 5.25.